The highest BCUT2D eigenvalue weighted by Crippen LogP contribution is 2.15. The second-order valence-electron chi connectivity index (χ2n) is 7.15. The standard InChI is InChI=1S/C22H23N5O2/c1-15-7-5-8-17-21(15)24-14-26(22(17)29)13-20(28)23-11-6-12-27-16(2)25-18-9-3-4-10-19(18)27/h3-5,7-10,14H,6,11-13H2,1-2H3,(H,23,28). The van der Waals surface area contributed by atoms with Crippen molar-refractivity contribution in [2.24, 2.45) is 0 Å². The first kappa shape index (κ1) is 18.9. The Kier molecular flexibility index (Phi) is 5.12. The molecule has 0 saturated carbocycles. The Labute approximate surface area is 168 Å². The highest BCUT2D eigenvalue weighted by Gasteiger charge is 2.10. The Morgan fingerprint density at radius 2 is 1.93 bits per heavy atom. The van der Waals surface area contributed by atoms with Gasteiger partial charge in [-0.3, -0.25) is 14.2 Å². The lowest BCUT2D eigenvalue weighted by molar-refractivity contribution is -0.121. The van der Waals surface area contributed by atoms with Crippen LogP contribution in [-0.2, 0) is 17.9 Å². The summed E-state index contributed by atoms with van der Waals surface area (Å²) in [6.45, 7) is 5.15. The van der Waals surface area contributed by atoms with Crippen molar-refractivity contribution in [2.45, 2.75) is 33.4 Å². The summed E-state index contributed by atoms with van der Waals surface area (Å²) >= 11 is 0. The van der Waals surface area contributed by atoms with Crippen LogP contribution < -0.4 is 10.9 Å². The lowest BCUT2D eigenvalue weighted by atomic mass is 10.1. The van der Waals surface area contributed by atoms with E-state index >= 15 is 0 Å². The van der Waals surface area contributed by atoms with E-state index < -0.39 is 0 Å². The predicted octanol–water partition coefficient (Wildman–Crippen LogP) is 2.57. The highest BCUT2D eigenvalue weighted by atomic mass is 16.2. The van der Waals surface area contributed by atoms with Crippen LogP contribution in [0, 0.1) is 13.8 Å². The molecule has 0 atom stereocenters. The molecule has 0 unspecified atom stereocenters. The van der Waals surface area contributed by atoms with Crippen LogP contribution in [0.2, 0.25) is 0 Å². The Morgan fingerprint density at radius 3 is 2.79 bits per heavy atom. The first-order valence-corrected chi connectivity index (χ1v) is 9.68. The molecule has 2 heterocycles. The van der Waals surface area contributed by atoms with Gasteiger partial charge < -0.3 is 9.88 Å². The van der Waals surface area contributed by atoms with E-state index in [1.54, 1.807) is 6.07 Å². The molecule has 4 aromatic rings. The molecule has 148 valence electrons. The number of aromatic nitrogens is 4. The Hall–Kier alpha value is -3.48. The summed E-state index contributed by atoms with van der Waals surface area (Å²) in [4.78, 5) is 33.8. The average Bonchev–Trinajstić information content (AvgIpc) is 3.03. The number of amides is 1. The minimum atomic E-state index is -0.201. The zero-order chi connectivity index (χ0) is 20.4. The van der Waals surface area contributed by atoms with Crippen LogP contribution in [0.4, 0.5) is 0 Å². The van der Waals surface area contributed by atoms with Gasteiger partial charge in [-0.15, -0.1) is 0 Å². The molecular formula is C22H23N5O2. The van der Waals surface area contributed by atoms with Gasteiger partial charge in [0.05, 0.1) is 28.3 Å². The molecule has 1 amide bonds. The van der Waals surface area contributed by atoms with Crippen LogP contribution in [-0.4, -0.2) is 31.6 Å². The summed E-state index contributed by atoms with van der Waals surface area (Å²) in [5.41, 5.74) is 3.50. The van der Waals surface area contributed by atoms with E-state index in [4.69, 9.17) is 0 Å². The lowest BCUT2D eigenvalue weighted by Gasteiger charge is -2.10. The summed E-state index contributed by atoms with van der Waals surface area (Å²) in [6, 6.07) is 13.5. The molecule has 2 aromatic carbocycles. The lowest BCUT2D eigenvalue weighted by Crippen LogP contribution is -2.33. The summed E-state index contributed by atoms with van der Waals surface area (Å²) in [6.07, 6.45) is 2.22. The molecule has 7 nitrogen and oxygen atoms in total. The number of carbonyl (C=O) groups is 1. The molecule has 29 heavy (non-hydrogen) atoms. The minimum absolute atomic E-state index is 0.0389. The molecule has 0 bridgehead atoms. The van der Waals surface area contributed by atoms with Gasteiger partial charge in [-0.1, -0.05) is 24.3 Å². The smallest absolute Gasteiger partial charge is 0.261 e. The van der Waals surface area contributed by atoms with Gasteiger partial charge in [-0.25, -0.2) is 9.97 Å². The van der Waals surface area contributed by atoms with Gasteiger partial charge in [-0.05, 0) is 44.0 Å². The van der Waals surface area contributed by atoms with E-state index in [9.17, 15) is 9.59 Å². The van der Waals surface area contributed by atoms with Crippen molar-refractivity contribution in [3.05, 3.63) is 70.5 Å². The highest BCUT2D eigenvalue weighted by molar-refractivity contribution is 5.81. The molecule has 7 heteroatoms. The van der Waals surface area contributed by atoms with Gasteiger partial charge in [0.25, 0.3) is 5.56 Å². The number of fused-ring (bicyclic) bond motifs is 2. The minimum Gasteiger partial charge on any atom is -0.354 e. The largest absolute Gasteiger partial charge is 0.354 e. The van der Waals surface area contributed by atoms with Crippen molar-refractivity contribution < 1.29 is 4.79 Å². The maximum atomic E-state index is 12.6. The van der Waals surface area contributed by atoms with E-state index in [0.29, 0.717) is 17.4 Å². The van der Waals surface area contributed by atoms with Crippen LogP contribution in [0.1, 0.15) is 17.8 Å². The number of imidazole rings is 1. The molecule has 0 radical (unpaired) electrons. The van der Waals surface area contributed by atoms with E-state index in [1.807, 2.05) is 44.2 Å². The zero-order valence-corrected chi connectivity index (χ0v) is 16.6. The van der Waals surface area contributed by atoms with E-state index in [0.717, 1.165) is 35.4 Å². The normalized spacial score (nSPS) is 11.2. The summed E-state index contributed by atoms with van der Waals surface area (Å²) in [5.74, 6) is 0.759. The predicted molar refractivity (Wildman–Crippen MR) is 113 cm³/mol. The molecule has 0 fully saturated rings. The molecule has 0 saturated heterocycles. The zero-order valence-electron chi connectivity index (χ0n) is 16.6. The van der Waals surface area contributed by atoms with Crippen molar-refractivity contribution in [3.8, 4) is 0 Å². The molecule has 2 aromatic heterocycles. The van der Waals surface area contributed by atoms with Gasteiger partial charge in [0.1, 0.15) is 12.4 Å². The maximum Gasteiger partial charge on any atom is 0.261 e. The van der Waals surface area contributed by atoms with Gasteiger partial charge in [0, 0.05) is 13.1 Å². The fourth-order valence-electron chi connectivity index (χ4n) is 3.60. The fourth-order valence-corrected chi connectivity index (χ4v) is 3.60. The third kappa shape index (κ3) is 3.76. The molecule has 0 aliphatic heterocycles. The second kappa shape index (κ2) is 7.87. The number of nitrogens with zero attached hydrogens (tertiary/aromatic N) is 4. The SMILES string of the molecule is Cc1cccc2c(=O)n(CC(=O)NCCCn3c(C)nc4ccccc43)cnc12. The van der Waals surface area contributed by atoms with E-state index in [-0.39, 0.29) is 18.0 Å². The van der Waals surface area contributed by atoms with Crippen LogP contribution in [0.5, 0.6) is 0 Å². The number of rotatable bonds is 6. The monoisotopic (exact) mass is 389 g/mol. The first-order chi connectivity index (χ1) is 14.0. The van der Waals surface area contributed by atoms with E-state index in [1.165, 1.54) is 10.9 Å². The molecule has 4 rings (SSSR count). The Bertz CT molecular complexity index is 1260. The number of hydrogen-bond donors (Lipinski definition) is 1. The van der Waals surface area contributed by atoms with Crippen molar-refractivity contribution in [3.63, 3.8) is 0 Å². The second-order valence-corrected chi connectivity index (χ2v) is 7.15. The van der Waals surface area contributed by atoms with E-state index in [2.05, 4.69) is 25.9 Å². The van der Waals surface area contributed by atoms with Gasteiger partial charge in [0.15, 0.2) is 0 Å². The maximum absolute atomic E-state index is 12.6. The summed E-state index contributed by atoms with van der Waals surface area (Å²) in [7, 11) is 0. The number of hydrogen-bond acceptors (Lipinski definition) is 4. The molecule has 0 aliphatic carbocycles. The quantitative estimate of drug-likeness (QED) is 0.514. The van der Waals surface area contributed by atoms with Crippen molar-refractivity contribution in [1.29, 1.82) is 0 Å². The first-order valence-electron chi connectivity index (χ1n) is 9.68. The van der Waals surface area contributed by atoms with Gasteiger partial charge in [0.2, 0.25) is 5.91 Å². The number of carbonyl (C=O) groups excluding carboxylic acids is 1. The van der Waals surface area contributed by atoms with Crippen LogP contribution >= 0.6 is 0 Å². The molecule has 0 aliphatic rings. The number of aryl methyl sites for hydroxylation is 3. The summed E-state index contributed by atoms with van der Waals surface area (Å²) < 4.78 is 3.51. The number of para-hydroxylation sites is 3. The average molecular weight is 389 g/mol. The van der Waals surface area contributed by atoms with Crippen molar-refractivity contribution in [2.75, 3.05) is 6.54 Å². The molecule has 0 spiro atoms. The number of nitrogens with one attached hydrogen (secondary N) is 1. The Morgan fingerprint density at radius 1 is 1.10 bits per heavy atom. The topological polar surface area (TPSA) is 81.8 Å². The number of benzene rings is 2. The molecular weight excluding hydrogens is 366 g/mol. The van der Waals surface area contributed by atoms with Crippen molar-refractivity contribution >= 4 is 27.8 Å². The third-order valence-electron chi connectivity index (χ3n) is 5.10. The third-order valence-corrected chi connectivity index (χ3v) is 5.10. The van der Waals surface area contributed by atoms with Crippen LogP contribution in [0.3, 0.4) is 0 Å². The van der Waals surface area contributed by atoms with Crippen LogP contribution in [0.15, 0.2) is 53.6 Å². The fraction of sp³-hybridized carbons (Fsp3) is 0.273. The molecule has 1 N–H and O–H groups in total. The Balaban J connectivity index is 1.36. The van der Waals surface area contributed by atoms with Crippen LogP contribution in [0.25, 0.3) is 21.9 Å². The van der Waals surface area contributed by atoms with Gasteiger partial charge in [-0.2, -0.15) is 0 Å². The van der Waals surface area contributed by atoms with Gasteiger partial charge >= 0.3 is 0 Å². The summed E-state index contributed by atoms with van der Waals surface area (Å²) in [5, 5.41) is 3.42. The van der Waals surface area contributed by atoms with Crippen molar-refractivity contribution in [1.82, 2.24) is 24.4 Å².